The zero-order chi connectivity index (χ0) is 8.97. The molecular formula is C10H13N2. The number of rotatable bonds is 2. The van der Waals surface area contributed by atoms with Crippen LogP contribution in [0.5, 0.6) is 0 Å². The van der Waals surface area contributed by atoms with E-state index in [1.807, 2.05) is 45.3 Å². The molecule has 1 rings (SSSR count). The van der Waals surface area contributed by atoms with Crippen molar-refractivity contribution >= 4 is 5.71 Å². The molecule has 1 aromatic carbocycles. The number of hydrogen-bond acceptors (Lipinski definition) is 2. The molecule has 0 saturated heterocycles. The van der Waals surface area contributed by atoms with Gasteiger partial charge in [-0.05, 0) is 18.6 Å². The Balaban J connectivity index is 2.85. The summed E-state index contributed by atoms with van der Waals surface area (Å²) < 4.78 is 0. The van der Waals surface area contributed by atoms with Crippen LogP contribution in [0, 0.1) is 6.07 Å². The van der Waals surface area contributed by atoms with Crippen LogP contribution in [0.2, 0.25) is 0 Å². The van der Waals surface area contributed by atoms with Crippen molar-refractivity contribution in [3.63, 3.8) is 0 Å². The zero-order valence-corrected chi connectivity index (χ0v) is 7.70. The van der Waals surface area contributed by atoms with Gasteiger partial charge in [-0.15, -0.1) is 0 Å². The molecule has 0 aliphatic heterocycles. The van der Waals surface area contributed by atoms with Crippen LogP contribution in [0.3, 0.4) is 0 Å². The van der Waals surface area contributed by atoms with Gasteiger partial charge in [-0.3, -0.25) is 0 Å². The molecule has 0 aromatic heterocycles. The molecule has 0 N–H and O–H groups in total. The zero-order valence-electron chi connectivity index (χ0n) is 7.70. The minimum Gasteiger partial charge on any atom is -0.303 e. The number of benzene rings is 1. The lowest BCUT2D eigenvalue weighted by Crippen LogP contribution is -2.07. The van der Waals surface area contributed by atoms with Crippen molar-refractivity contribution in [3.05, 3.63) is 35.9 Å². The molecular weight excluding hydrogens is 148 g/mol. The third-order valence-corrected chi connectivity index (χ3v) is 1.49. The predicted octanol–water partition coefficient (Wildman–Crippen LogP) is 1.77. The molecule has 2 heteroatoms. The summed E-state index contributed by atoms with van der Waals surface area (Å²) >= 11 is 0. The standard InChI is InChI=1S/C10H13N2/c1-9(11-12(2)3)10-7-5-4-6-8-10/h5-8H,1-3H3/b11-9+. The number of hydrazone groups is 1. The van der Waals surface area contributed by atoms with E-state index in [4.69, 9.17) is 0 Å². The summed E-state index contributed by atoms with van der Waals surface area (Å²) in [5, 5.41) is 6.08. The fourth-order valence-corrected chi connectivity index (χ4v) is 0.986. The third kappa shape index (κ3) is 2.38. The van der Waals surface area contributed by atoms with E-state index >= 15 is 0 Å². The molecule has 0 aliphatic carbocycles. The van der Waals surface area contributed by atoms with Crippen LogP contribution in [-0.2, 0) is 0 Å². The van der Waals surface area contributed by atoms with Crippen LogP contribution in [-0.4, -0.2) is 24.8 Å². The van der Waals surface area contributed by atoms with Gasteiger partial charge in [0.2, 0.25) is 0 Å². The van der Waals surface area contributed by atoms with E-state index in [0.29, 0.717) is 0 Å². The molecule has 63 valence electrons. The van der Waals surface area contributed by atoms with Crippen molar-refractivity contribution in [3.8, 4) is 0 Å². The van der Waals surface area contributed by atoms with Gasteiger partial charge in [-0.1, -0.05) is 24.3 Å². The van der Waals surface area contributed by atoms with Gasteiger partial charge >= 0.3 is 0 Å². The average Bonchev–Trinajstić information content (AvgIpc) is 2.05. The molecule has 12 heavy (non-hydrogen) atoms. The first-order valence-electron chi connectivity index (χ1n) is 3.89. The Morgan fingerprint density at radius 3 is 2.42 bits per heavy atom. The van der Waals surface area contributed by atoms with Crippen molar-refractivity contribution in [2.24, 2.45) is 5.10 Å². The maximum absolute atomic E-state index is 4.28. The SMILES string of the molecule is C/C(=N\N(C)C)c1cc[c]cc1. The lowest BCUT2D eigenvalue weighted by atomic mass is 10.1. The molecule has 1 radical (unpaired) electrons. The number of nitrogens with zero attached hydrogens (tertiary/aromatic N) is 2. The van der Waals surface area contributed by atoms with Crippen LogP contribution < -0.4 is 0 Å². The van der Waals surface area contributed by atoms with Crippen molar-refractivity contribution in [1.29, 1.82) is 0 Å². The van der Waals surface area contributed by atoms with Crippen molar-refractivity contribution in [1.82, 2.24) is 5.01 Å². The summed E-state index contributed by atoms with van der Waals surface area (Å²) in [7, 11) is 3.83. The second-order valence-electron chi connectivity index (χ2n) is 2.82. The summed E-state index contributed by atoms with van der Waals surface area (Å²) in [5.74, 6) is 0. The Hall–Kier alpha value is -1.31. The van der Waals surface area contributed by atoms with Gasteiger partial charge in [0.1, 0.15) is 0 Å². The molecule has 0 unspecified atom stereocenters. The molecule has 0 spiro atoms. The highest BCUT2D eigenvalue weighted by molar-refractivity contribution is 5.98. The van der Waals surface area contributed by atoms with E-state index in [1.165, 1.54) is 0 Å². The Labute approximate surface area is 73.5 Å². The molecule has 1 aromatic rings. The largest absolute Gasteiger partial charge is 0.303 e. The monoisotopic (exact) mass is 161 g/mol. The first-order valence-corrected chi connectivity index (χ1v) is 3.89. The maximum atomic E-state index is 4.28. The van der Waals surface area contributed by atoms with Crippen LogP contribution in [0.25, 0.3) is 0 Å². The quantitative estimate of drug-likeness (QED) is 0.477. The number of hydrogen-bond donors (Lipinski definition) is 0. The fourth-order valence-electron chi connectivity index (χ4n) is 0.986. The summed E-state index contributed by atoms with van der Waals surface area (Å²) in [6, 6.07) is 10.8. The van der Waals surface area contributed by atoms with Gasteiger partial charge in [0.05, 0.1) is 5.71 Å². The molecule has 0 amide bonds. The third-order valence-electron chi connectivity index (χ3n) is 1.49. The van der Waals surface area contributed by atoms with E-state index in [0.717, 1.165) is 11.3 Å². The van der Waals surface area contributed by atoms with Crippen molar-refractivity contribution in [2.45, 2.75) is 6.92 Å². The summed E-state index contributed by atoms with van der Waals surface area (Å²) in [6.45, 7) is 2.00. The van der Waals surface area contributed by atoms with Gasteiger partial charge in [-0.25, -0.2) is 0 Å². The lowest BCUT2D eigenvalue weighted by molar-refractivity contribution is 0.438. The van der Waals surface area contributed by atoms with Gasteiger partial charge < -0.3 is 5.01 Å². The average molecular weight is 161 g/mol. The van der Waals surface area contributed by atoms with E-state index in [9.17, 15) is 0 Å². The highest BCUT2D eigenvalue weighted by Crippen LogP contribution is 2.00. The second kappa shape index (κ2) is 3.90. The first-order chi connectivity index (χ1) is 5.70. The molecule has 0 heterocycles. The Kier molecular flexibility index (Phi) is 2.86. The Morgan fingerprint density at radius 1 is 1.33 bits per heavy atom. The van der Waals surface area contributed by atoms with Crippen LogP contribution in [0.15, 0.2) is 29.4 Å². The van der Waals surface area contributed by atoms with Crippen LogP contribution in [0.4, 0.5) is 0 Å². The first kappa shape index (κ1) is 8.78. The second-order valence-corrected chi connectivity index (χ2v) is 2.82. The smallest absolute Gasteiger partial charge is 0.0646 e. The fraction of sp³-hybridized carbons (Fsp3) is 0.300. The molecule has 0 fully saturated rings. The van der Waals surface area contributed by atoms with Crippen molar-refractivity contribution in [2.75, 3.05) is 14.1 Å². The summed E-state index contributed by atoms with van der Waals surface area (Å²) in [4.78, 5) is 0. The van der Waals surface area contributed by atoms with E-state index in [-0.39, 0.29) is 0 Å². The van der Waals surface area contributed by atoms with Gasteiger partial charge in [0, 0.05) is 14.1 Å². The highest BCUT2D eigenvalue weighted by Gasteiger charge is 1.94. The molecule has 0 bridgehead atoms. The minimum atomic E-state index is 1.02. The molecule has 0 aliphatic rings. The Bertz CT molecular complexity index is 262. The van der Waals surface area contributed by atoms with Gasteiger partial charge in [-0.2, -0.15) is 5.10 Å². The van der Waals surface area contributed by atoms with Crippen LogP contribution in [0.1, 0.15) is 12.5 Å². The van der Waals surface area contributed by atoms with Crippen LogP contribution >= 0.6 is 0 Å². The van der Waals surface area contributed by atoms with Gasteiger partial charge in [0.25, 0.3) is 0 Å². The van der Waals surface area contributed by atoms with Crippen molar-refractivity contribution < 1.29 is 0 Å². The van der Waals surface area contributed by atoms with E-state index in [2.05, 4.69) is 11.2 Å². The maximum Gasteiger partial charge on any atom is 0.0646 e. The Morgan fingerprint density at radius 2 is 1.92 bits per heavy atom. The normalized spacial score (nSPS) is 11.4. The van der Waals surface area contributed by atoms with Gasteiger partial charge in [0.15, 0.2) is 0 Å². The summed E-state index contributed by atoms with van der Waals surface area (Å²) in [6.07, 6.45) is 0. The summed E-state index contributed by atoms with van der Waals surface area (Å²) in [5.41, 5.74) is 2.16. The molecule has 2 nitrogen and oxygen atoms in total. The highest BCUT2D eigenvalue weighted by atomic mass is 15.4. The van der Waals surface area contributed by atoms with E-state index in [1.54, 1.807) is 5.01 Å². The lowest BCUT2D eigenvalue weighted by Gasteiger charge is -2.06. The minimum absolute atomic E-state index is 1.02. The molecule has 0 saturated carbocycles. The molecule has 0 atom stereocenters. The predicted molar refractivity (Wildman–Crippen MR) is 51.2 cm³/mol. The topological polar surface area (TPSA) is 15.6 Å². The van der Waals surface area contributed by atoms with E-state index < -0.39 is 0 Å².